The minimum atomic E-state index is -3.49. The van der Waals surface area contributed by atoms with Crippen molar-refractivity contribution in [2.75, 3.05) is 12.3 Å². The maximum absolute atomic E-state index is 11.9. The average molecular weight is 319 g/mol. The van der Waals surface area contributed by atoms with Crippen LogP contribution in [0, 0.1) is 0 Å². The van der Waals surface area contributed by atoms with Gasteiger partial charge in [0.15, 0.2) is 5.16 Å². The number of benzene rings is 1. The lowest BCUT2D eigenvalue weighted by Gasteiger charge is -2.05. The van der Waals surface area contributed by atoms with Crippen LogP contribution in [0.2, 0.25) is 5.02 Å². The van der Waals surface area contributed by atoms with Crippen LogP contribution in [-0.4, -0.2) is 35.9 Å². The van der Waals surface area contributed by atoms with Gasteiger partial charge in [0.1, 0.15) is 6.33 Å². The van der Waals surface area contributed by atoms with E-state index in [2.05, 4.69) is 19.9 Å². The van der Waals surface area contributed by atoms with Crippen LogP contribution in [0.4, 0.5) is 0 Å². The van der Waals surface area contributed by atoms with Crippen LogP contribution < -0.4 is 4.72 Å². The summed E-state index contributed by atoms with van der Waals surface area (Å²) >= 11 is 7.10. The molecule has 6 nitrogen and oxygen atoms in total. The zero-order chi connectivity index (χ0) is 13.7. The molecule has 0 amide bonds. The van der Waals surface area contributed by atoms with Crippen LogP contribution in [0.5, 0.6) is 0 Å². The Morgan fingerprint density at radius 1 is 1.32 bits per heavy atom. The maximum Gasteiger partial charge on any atom is 0.240 e. The molecule has 0 radical (unpaired) electrons. The van der Waals surface area contributed by atoms with E-state index in [1.165, 1.54) is 30.2 Å². The van der Waals surface area contributed by atoms with Gasteiger partial charge < -0.3 is 0 Å². The Kier molecular flexibility index (Phi) is 4.81. The minimum absolute atomic E-state index is 0.196. The highest BCUT2D eigenvalue weighted by Gasteiger charge is 2.12. The van der Waals surface area contributed by atoms with Gasteiger partial charge in [0.25, 0.3) is 0 Å². The predicted molar refractivity (Wildman–Crippen MR) is 73.7 cm³/mol. The minimum Gasteiger partial charge on any atom is -0.254 e. The lowest BCUT2D eigenvalue weighted by Crippen LogP contribution is -2.26. The molecule has 19 heavy (non-hydrogen) atoms. The molecule has 0 spiro atoms. The van der Waals surface area contributed by atoms with Gasteiger partial charge in [0.05, 0.1) is 4.90 Å². The van der Waals surface area contributed by atoms with E-state index >= 15 is 0 Å². The van der Waals surface area contributed by atoms with Crippen LogP contribution in [-0.2, 0) is 10.0 Å². The quantitative estimate of drug-likeness (QED) is 0.623. The van der Waals surface area contributed by atoms with Gasteiger partial charge in [-0.2, -0.15) is 5.10 Å². The highest BCUT2D eigenvalue weighted by atomic mass is 35.5. The van der Waals surface area contributed by atoms with Crippen molar-refractivity contribution < 1.29 is 8.42 Å². The fourth-order valence-corrected chi connectivity index (χ4v) is 3.21. The fraction of sp³-hybridized carbons (Fsp3) is 0.200. The molecule has 0 atom stereocenters. The number of rotatable bonds is 6. The Balaban J connectivity index is 1.86. The van der Waals surface area contributed by atoms with E-state index in [4.69, 9.17) is 11.6 Å². The van der Waals surface area contributed by atoms with Crippen molar-refractivity contribution in [1.82, 2.24) is 19.9 Å². The molecule has 2 rings (SSSR count). The molecular formula is C10H11ClN4O2S2. The Morgan fingerprint density at radius 2 is 2.05 bits per heavy atom. The molecular weight excluding hydrogens is 308 g/mol. The lowest BCUT2D eigenvalue weighted by molar-refractivity contribution is 0.584. The molecule has 0 fully saturated rings. The second kappa shape index (κ2) is 6.38. The molecule has 0 saturated heterocycles. The standard InChI is InChI=1S/C10H11ClN4O2S2/c11-8-1-3-9(4-2-8)19(16,17)14-5-6-18-10-12-7-13-15-10/h1-4,7,14H,5-6H2,(H,12,13,15). The van der Waals surface area contributed by atoms with E-state index in [-0.39, 0.29) is 4.90 Å². The topological polar surface area (TPSA) is 87.7 Å². The van der Waals surface area contributed by atoms with Crippen LogP contribution in [0.3, 0.4) is 0 Å². The van der Waals surface area contributed by atoms with Gasteiger partial charge in [-0.3, -0.25) is 5.10 Å². The molecule has 1 aromatic carbocycles. The first-order valence-corrected chi connectivity index (χ1v) is 8.16. The Morgan fingerprint density at radius 3 is 2.68 bits per heavy atom. The largest absolute Gasteiger partial charge is 0.254 e. The van der Waals surface area contributed by atoms with Crippen molar-refractivity contribution >= 4 is 33.4 Å². The summed E-state index contributed by atoms with van der Waals surface area (Å²) in [6.07, 6.45) is 1.40. The average Bonchev–Trinajstić information content (AvgIpc) is 2.88. The Labute approximate surface area is 120 Å². The molecule has 2 N–H and O–H groups in total. The number of aromatic amines is 1. The Hall–Kier alpha value is -1.09. The normalized spacial score (nSPS) is 11.6. The monoisotopic (exact) mass is 318 g/mol. The van der Waals surface area contributed by atoms with Crippen molar-refractivity contribution in [3.05, 3.63) is 35.6 Å². The van der Waals surface area contributed by atoms with E-state index in [0.29, 0.717) is 22.5 Å². The van der Waals surface area contributed by atoms with Gasteiger partial charge >= 0.3 is 0 Å². The molecule has 0 bridgehead atoms. The third kappa shape index (κ3) is 4.20. The summed E-state index contributed by atoms with van der Waals surface area (Å²) < 4.78 is 26.3. The number of sulfonamides is 1. The molecule has 102 valence electrons. The van der Waals surface area contributed by atoms with Gasteiger partial charge in [-0.05, 0) is 24.3 Å². The van der Waals surface area contributed by atoms with Crippen molar-refractivity contribution in [3.63, 3.8) is 0 Å². The number of halogens is 1. The summed E-state index contributed by atoms with van der Waals surface area (Å²) in [5.74, 6) is 0.558. The van der Waals surface area contributed by atoms with Crippen LogP contribution in [0.15, 0.2) is 40.6 Å². The third-order valence-electron chi connectivity index (χ3n) is 2.15. The second-order valence-electron chi connectivity index (χ2n) is 3.49. The molecule has 1 aromatic heterocycles. The van der Waals surface area contributed by atoms with Gasteiger partial charge in [-0.1, -0.05) is 23.4 Å². The van der Waals surface area contributed by atoms with E-state index in [0.717, 1.165) is 0 Å². The first-order chi connectivity index (χ1) is 9.08. The van der Waals surface area contributed by atoms with Gasteiger partial charge in [0, 0.05) is 17.3 Å². The highest BCUT2D eigenvalue weighted by Crippen LogP contribution is 2.14. The summed E-state index contributed by atoms with van der Waals surface area (Å²) in [4.78, 5) is 4.12. The number of nitrogens with zero attached hydrogens (tertiary/aromatic N) is 2. The zero-order valence-electron chi connectivity index (χ0n) is 9.71. The van der Waals surface area contributed by atoms with Gasteiger partial charge in [-0.25, -0.2) is 18.1 Å². The molecule has 0 unspecified atom stereocenters. The van der Waals surface area contributed by atoms with Crippen molar-refractivity contribution in [2.24, 2.45) is 0 Å². The van der Waals surface area contributed by atoms with Crippen LogP contribution in [0.25, 0.3) is 0 Å². The van der Waals surface area contributed by atoms with Crippen molar-refractivity contribution in [3.8, 4) is 0 Å². The summed E-state index contributed by atoms with van der Waals surface area (Å²) in [5, 5.41) is 7.54. The van der Waals surface area contributed by atoms with E-state index in [1.54, 1.807) is 12.1 Å². The van der Waals surface area contributed by atoms with Crippen molar-refractivity contribution in [1.29, 1.82) is 0 Å². The maximum atomic E-state index is 11.9. The molecule has 0 aliphatic carbocycles. The van der Waals surface area contributed by atoms with E-state index in [1.807, 2.05) is 0 Å². The van der Waals surface area contributed by atoms with Gasteiger partial charge in [-0.15, -0.1) is 0 Å². The first-order valence-electron chi connectivity index (χ1n) is 5.31. The van der Waals surface area contributed by atoms with E-state index in [9.17, 15) is 8.42 Å². The summed E-state index contributed by atoms with van der Waals surface area (Å²) in [6.45, 7) is 0.302. The summed E-state index contributed by atoms with van der Waals surface area (Å²) in [6, 6.07) is 6.02. The molecule has 0 saturated carbocycles. The summed E-state index contributed by atoms with van der Waals surface area (Å²) in [5.41, 5.74) is 0. The SMILES string of the molecule is O=S(=O)(NCCSc1ncn[nH]1)c1ccc(Cl)cc1. The number of hydrogen-bond acceptors (Lipinski definition) is 5. The predicted octanol–water partition coefficient (Wildman–Crippen LogP) is 1.53. The van der Waals surface area contributed by atoms with Gasteiger partial charge in [0.2, 0.25) is 10.0 Å². The van der Waals surface area contributed by atoms with Crippen molar-refractivity contribution in [2.45, 2.75) is 10.1 Å². The first kappa shape index (κ1) is 14.3. The number of nitrogens with one attached hydrogen (secondary N) is 2. The highest BCUT2D eigenvalue weighted by molar-refractivity contribution is 7.99. The second-order valence-corrected chi connectivity index (χ2v) is 6.78. The number of aromatic nitrogens is 3. The molecule has 0 aliphatic heterocycles. The smallest absolute Gasteiger partial charge is 0.240 e. The summed E-state index contributed by atoms with van der Waals surface area (Å²) in [7, 11) is -3.49. The molecule has 1 heterocycles. The van der Waals surface area contributed by atoms with Crippen LogP contribution in [0.1, 0.15) is 0 Å². The number of H-pyrrole nitrogens is 1. The molecule has 2 aromatic rings. The third-order valence-corrected chi connectivity index (χ3v) is 4.76. The molecule has 0 aliphatic rings. The van der Waals surface area contributed by atoms with E-state index < -0.39 is 10.0 Å². The molecule has 9 heteroatoms. The van der Waals surface area contributed by atoms with Crippen LogP contribution >= 0.6 is 23.4 Å². The number of hydrogen-bond donors (Lipinski definition) is 2. The lowest BCUT2D eigenvalue weighted by atomic mass is 10.4. The Bertz CT molecular complexity index is 613. The number of thioether (sulfide) groups is 1. The fourth-order valence-electron chi connectivity index (χ4n) is 1.28. The zero-order valence-corrected chi connectivity index (χ0v) is 12.1.